The Morgan fingerprint density at radius 1 is 1.05 bits per heavy atom. The van der Waals surface area contributed by atoms with Crippen molar-refractivity contribution in [3.05, 3.63) is 79.1 Å². The zero-order valence-electron chi connectivity index (χ0n) is 23.1. The summed E-state index contributed by atoms with van der Waals surface area (Å²) in [7, 11) is -3.62. The van der Waals surface area contributed by atoms with Crippen LogP contribution < -0.4 is 19.8 Å². The van der Waals surface area contributed by atoms with Gasteiger partial charge in [0, 0.05) is 49.3 Å². The Morgan fingerprint density at radius 3 is 2.55 bits per heavy atom. The van der Waals surface area contributed by atoms with Gasteiger partial charge in [-0.1, -0.05) is 30.8 Å². The van der Waals surface area contributed by atoms with Gasteiger partial charge in [0.25, 0.3) is 0 Å². The first-order valence-corrected chi connectivity index (χ1v) is 15.6. The second kappa shape index (κ2) is 11.8. The molecule has 1 amide bonds. The fourth-order valence-corrected chi connectivity index (χ4v) is 6.64. The summed E-state index contributed by atoms with van der Waals surface area (Å²) < 4.78 is 34.0. The van der Waals surface area contributed by atoms with Gasteiger partial charge < -0.3 is 24.8 Å². The maximum Gasteiger partial charge on any atom is 0.243 e. The largest absolute Gasteiger partial charge is 0.378 e. The standard InChI is InChI=1S/C30H33N7O4S/c1-2-28(38)33-24-11-12-37(18-24)25-9-3-21(4-10-25)19-42(39,40)35-23-7-5-22(6-8-23)27-17-26-29(34-27)31-20-32-30(26)36-13-15-41-16-14-36/h2-10,17,20,24,35H,1,11-16,18-19H2,(H,33,38)(H,31,32,34). The Kier molecular flexibility index (Phi) is 7.81. The molecule has 218 valence electrons. The molecule has 2 aromatic heterocycles. The lowest BCUT2D eigenvalue weighted by Crippen LogP contribution is -2.36. The summed E-state index contributed by atoms with van der Waals surface area (Å²) in [5.41, 5.74) is 4.71. The third kappa shape index (κ3) is 6.24. The number of ether oxygens (including phenoxy) is 1. The molecule has 0 bridgehead atoms. The van der Waals surface area contributed by atoms with Crippen molar-refractivity contribution in [3.63, 3.8) is 0 Å². The van der Waals surface area contributed by atoms with Crippen molar-refractivity contribution in [2.24, 2.45) is 0 Å². The number of hydrogen-bond donors (Lipinski definition) is 3. The number of carbonyl (C=O) groups excluding carboxylic acids is 1. The van der Waals surface area contributed by atoms with E-state index in [1.807, 2.05) is 42.5 Å². The van der Waals surface area contributed by atoms with Gasteiger partial charge in [0.1, 0.15) is 17.8 Å². The first kappa shape index (κ1) is 27.7. The summed E-state index contributed by atoms with van der Waals surface area (Å²) in [4.78, 5) is 28.2. The van der Waals surface area contributed by atoms with E-state index in [0.29, 0.717) is 31.0 Å². The van der Waals surface area contributed by atoms with Crippen LogP contribution in [0.25, 0.3) is 22.3 Å². The van der Waals surface area contributed by atoms with E-state index in [9.17, 15) is 13.2 Å². The van der Waals surface area contributed by atoms with Crippen LogP contribution in [0.5, 0.6) is 0 Å². The number of fused-ring (bicyclic) bond motifs is 1. The molecule has 42 heavy (non-hydrogen) atoms. The topological polar surface area (TPSA) is 133 Å². The number of benzene rings is 2. The fraction of sp³-hybridized carbons (Fsp3) is 0.300. The first-order valence-electron chi connectivity index (χ1n) is 13.9. The lowest BCUT2D eigenvalue weighted by Gasteiger charge is -2.27. The number of carbonyl (C=O) groups is 1. The number of H-pyrrole nitrogens is 1. The van der Waals surface area contributed by atoms with E-state index in [-0.39, 0.29) is 17.7 Å². The van der Waals surface area contributed by atoms with Gasteiger partial charge in [-0.3, -0.25) is 9.52 Å². The van der Waals surface area contributed by atoms with Crippen molar-refractivity contribution in [2.75, 3.05) is 53.9 Å². The molecule has 4 aromatic rings. The van der Waals surface area contributed by atoms with Crippen molar-refractivity contribution in [1.82, 2.24) is 20.3 Å². The van der Waals surface area contributed by atoms with Crippen LogP contribution in [0.2, 0.25) is 0 Å². The lowest BCUT2D eigenvalue weighted by molar-refractivity contribution is -0.117. The molecule has 3 N–H and O–H groups in total. The highest BCUT2D eigenvalue weighted by atomic mass is 32.2. The number of aromatic amines is 1. The average molecular weight is 588 g/mol. The van der Waals surface area contributed by atoms with Gasteiger partial charge in [0.05, 0.1) is 24.4 Å². The van der Waals surface area contributed by atoms with Gasteiger partial charge in [0.15, 0.2) is 0 Å². The van der Waals surface area contributed by atoms with E-state index in [1.54, 1.807) is 18.5 Å². The highest BCUT2D eigenvalue weighted by Gasteiger charge is 2.24. The van der Waals surface area contributed by atoms with Crippen LogP contribution >= 0.6 is 0 Å². The Morgan fingerprint density at radius 2 is 1.81 bits per heavy atom. The average Bonchev–Trinajstić information content (AvgIpc) is 3.65. The third-order valence-corrected chi connectivity index (χ3v) is 8.82. The van der Waals surface area contributed by atoms with Crippen LogP contribution in [-0.4, -0.2) is 74.7 Å². The second-order valence-electron chi connectivity index (χ2n) is 10.5. The number of amides is 1. The van der Waals surface area contributed by atoms with Crippen LogP contribution in [0.15, 0.2) is 73.6 Å². The molecule has 2 aliphatic heterocycles. The van der Waals surface area contributed by atoms with Crippen molar-refractivity contribution >= 4 is 44.2 Å². The van der Waals surface area contributed by atoms with Crippen molar-refractivity contribution in [1.29, 1.82) is 0 Å². The van der Waals surface area contributed by atoms with Gasteiger partial charge in [-0.15, -0.1) is 0 Å². The highest BCUT2D eigenvalue weighted by Crippen LogP contribution is 2.30. The molecule has 0 aliphatic carbocycles. The Bertz CT molecular complexity index is 1680. The number of morpholine rings is 1. The number of aromatic nitrogens is 3. The van der Waals surface area contributed by atoms with Crippen LogP contribution in [0.1, 0.15) is 12.0 Å². The predicted molar refractivity (Wildman–Crippen MR) is 164 cm³/mol. The normalized spacial score (nSPS) is 17.4. The molecule has 2 fully saturated rings. The Balaban J connectivity index is 1.08. The van der Waals surface area contributed by atoms with E-state index in [4.69, 9.17) is 4.74 Å². The molecule has 11 nitrogen and oxygen atoms in total. The zero-order valence-corrected chi connectivity index (χ0v) is 23.9. The third-order valence-electron chi connectivity index (χ3n) is 7.56. The first-order chi connectivity index (χ1) is 20.4. The molecule has 6 rings (SSSR count). The summed E-state index contributed by atoms with van der Waals surface area (Å²) >= 11 is 0. The Hall–Kier alpha value is -4.42. The zero-order chi connectivity index (χ0) is 29.1. The minimum atomic E-state index is -3.62. The molecule has 1 atom stereocenters. The smallest absolute Gasteiger partial charge is 0.243 e. The summed E-state index contributed by atoms with van der Waals surface area (Å²) in [6.45, 7) is 7.92. The lowest BCUT2D eigenvalue weighted by atomic mass is 10.1. The summed E-state index contributed by atoms with van der Waals surface area (Å²) in [6, 6.07) is 16.9. The second-order valence-corrected chi connectivity index (χ2v) is 12.2. The molecular formula is C30H33N7O4S. The minimum absolute atomic E-state index is 0.0726. The highest BCUT2D eigenvalue weighted by molar-refractivity contribution is 7.91. The molecular weight excluding hydrogens is 554 g/mol. The van der Waals surface area contributed by atoms with Crippen LogP contribution in [0, 0.1) is 0 Å². The molecule has 2 saturated heterocycles. The maximum atomic E-state index is 12.9. The van der Waals surface area contributed by atoms with Crippen LogP contribution in [-0.2, 0) is 25.3 Å². The van der Waals surface area contributed by atoms with E-state index in [0.717, 1.165) is 59.9 Å². The molecule has 0 spiro atoms. The number of anilines is 3. The molecule has 2 aromatic carbocycles. The molecule has 0 radical (unpaired) electrons. The monoisotopic (exact) mass is 587 g/mol. The SMILES string of the molecule is C=CC(=O)NC1CCN(c2ccc(CS(=O)(=O)Nc3ccc(-c4cc5c(N6CCOCC6)ncnc5[nH]4)cc3)cc2)C1. The van der Waals surface area contributed by atoms with Crippen molar-refractivity contribution in [2.45, 2.75) is 18.2 Å². The molecule has 4 heterocycles. The number of nitrogens with one attached hydrogen (secondary N) is 3. The van der Waals surface area contributed by atoms with Gasteiger partial charge in [-0.2, -0.15) is 0 Å². The summed E-state index contributed by atoms with van der Waals surface area (Å²) in [5, 5.41) is 3.87. The van der Waals surface area contributed by atoms with Gasteiger partial charge in [0.2, 0.25) is 15.9 Å². The summed E-state index contributed by atoms with van der Waals surface area (Å²) in [5.74, 6) is 0.568. The van der Waals surface area contributed by atoms with Gasteiger partial charge in [-0.25, -0.2) is 18.4 Å². The van der Waals surface area contributed by atoms with Crippen molar-refractivity contribution in [3.8, 4) is 11.3 Å². The van der Waals surface area contributed by atoms with E-state index in [1.165, 1.54) is 6.08 Å². The van der Waals surface area contributed by atoms with Gasteiger partial charge in [-0.05, 0) is 54.0 Å². The molecule has 0 saturated carbocycles. The minimum Gasteiger partial charge on any atom is -0.378 e. The van der Waals surface area contributed by atoms with E-state index < -0.39 is 10.0 Å². The molecule has 12 heteroatoms. The molecule has 2 aliphatic rings. The quantitative estimate of drug-likeness (QED) is 0.254. The van der Waals surface area contributed by atoms with E-state index >= 15 is 0 Å². The molecule has 1 unspecified atom stereocenters. The number of nitrogens with zero attached hydrogens (tertiary/aromatic N) is 4. The van der Waals surface area contributed by atoms with Gasteiger partial charge >= 0.3 is 0 Å². The predicted octanol–water partition coefficient (Wildman–Crippen LogP) is 3.28. The van der Waals surface area contributed by atoms with E-state index in [2.05, 4.69) is 41.4 Å². The fourth-order valence-electron chi connectivity index (χ4n) is 5.44. The number of hydrogen-bond acceptors (Lipinski definition) is 8. The number of rotatable bonds is 9. The Labute approximate surface area is 244 Å². The number of sulfonamides is 1. The van der Waals surface area contributed by atoms with Crippen LogP contribution in [0.4, 0.5) is 17.2 Å². The van der Waals surface area contributed by atoms with Crippen molar-refractivity contribution < 1.29 is 17.9 Å². The van der Waals surface area contributed by atoms with Crippen LogP contribution in [0.3, 0.4) is 0 Å². The summed E-state index contributed by atoms with van der Waals surface area (Å²) in [6.07, 6.45) is 3.69. The maximum absolute atomic E-state index is 12.9.